The van der Waals surface area contributed by atoms with Crippen molar-refractivity contribution in [1.82, 2.24) is 19.7 Å². The molecule has 0 atom stereocenters. The number of aromatic amines is 1. The molecule has 33 heavy (non-hydrogen) atoms. The van der Waals surface area contributed by atoms with E-state index in [1.54, 1.807) is 0 Å². The molecule has 0 saturated heterocycles. The molecule has 6 nitrogen and oxygen atoms in total. The van der Waals surface area contributed by atoms with E-state index in [2.05, 4.69) is 44.8 Å². The molecule has 0 unspecified atom stereocenters. The van der Waals surface area contributed by atoms with E-state index in [1.165, 1.54) is 41.7 Å². The maximum Gasteiger partial charge on any atom is 0.227 e. The van der Waals surface area contributed by atoms with Crippen LogP contribution in [0.3, 0.4) is 0 Å². The Labute approximate surface area is 201 Å². The SMILES string of the molecule is Cc1cccc(-c2n[nH]c(=S)n2CCC(=O)Nc2nc(-c3ccc4c(c3)CCCC4)cs2)c1. The average molecular weight is 476 g/mol. The van der Waals surface area contributed by atoms with Gasteiger partial charge in [0.15, 0.2) is 15.7 Å². The van der Waals surface area contributed by atoms with Gasteiger partial charge in [-0.2, -0.15) is 5.10 Å². The van der Waals surface area contributed by atoms with E-state index in [0.29, 0.717) is 16.4 Å². The van der Waals surface area contributed by atoms with E-state index in [9.17, 15) is 4.79 Å². The van der Waals surface area contributed by atoms with Crippen LogP contribution in [-0.2, 0) is 24.2 Å². The van der Waals surface area contributed by atoms with Crippen LogP contribution in [0.1, 0.15) is 36.0 Å². The topological polar surface area (TPSA) is 75.6 Å². The zero-order valence-corrected chi connectivity index (χ0v) is 20.1. The van der Waals surface area contributed by atoms with E-state index in [1.807, 2.05) is 35.1 Å². The monoisotopic (exact) mass is 475 g/mol. The highest BCUT2D eigenvalue weighted by molar-refractivity contribution is 7.71. The highest BCUT2D eigenvalue weighted by Gasteiger charge is 2.14. The Morgan fingerprint density at radius 3 is 2.85 bits per heavy atom. The van der Waals surface area contributed by atoms with Crippen molar-refractivity contribution in [2.45, 2.75) is 45.6 Å². The molecule has 2 N–H and O–H groups in total. The van der Waals surface area contributed by atoms with Crippen LogP contribution in [0.4, 0.5) is 5.13 Å². The van der Waals surface area contributed by atoms with E-state index >= 15 is 0 Å². The standard InChI is InChI=1S/C25H25N5OS2/c1-16-5-4-8-20(13-16)23-28-29-25(32)30(23)12-11-22(31)27-24-26-21(15-33-24)19-10-9-17-6-2-3-7-18(17)14-19/h4-5,8-10,13-15H,2-3,6-7,11-12H2,1H3,(H,29,32)(H,26,27,31). The van der Waals surface area contributed by atoms with Crippen molar-refractivity contribution in [3.63, 3.8) is 0 Å². The third-order valence-electron chi connectivity index (χ3n) is 5.99. The molecule has 1 amide bonds. The Bertz CT molecular complexity index is 1370. The van der Waals surface area contributed by atoms with Crippen LogP contribution in [-0.4, -0.2) is 25.7 Å². The van der Waals surface area contributed by atoms with Gasteiger partial charge in [0.05, 0.1) is 5.69 Å². The number of nitrogens with one attached hydrogen (secondary N) is 2. The second-order valence-corrected chi connectivity index (χ2v) is 9.64. The minimum absolute atomic E-state index is 0.0976. The molecule has 2 aromatic carbocycles. The summed E-state index contributed by atoms with van der Waals surface area (Å²) in [5.74, 6) is 0.639. The molecule has 1 aliphatic rings. The number of benzene rings is 2. The third kappa shape index (κ3) is 4.82. The van der Waals surface area contributed by atoms with Crippen LogP contribution in [0, 0.1) is 11.7 Å². The zero-order valence-electron chi connectivity index (χ0n) is 18.4. The number of fused-ring (bicyclic) bond motifs is 1. The van der Waals surface area contributed by atoms with Crippen molar-refractivity contribution in [3.05, 3.63) is 69.3 Å². The van der Waals surface area contributed by atoms with E-state index < -0.39 is 0 Å². The Morgan fingerprint density at radius 2 is 2.00 bits per heavy atom. The second kappa shape index (κ2) is 9.41. The number of amides is 1. The summed E-state index contributed by atoms with van der Waals surface area (Å²) in [6.45, 7) is 2.47. The van der Waals surface area contributed by atoms with Crippen LogP contribution in [0.2, 0.25) is 0 Å². The van der Waals surface area contributed by atoms with Gasteiger partial charge in [0.25, 0.3) is 0 Å². The fraction of sp³-hybridized carbons (Fsp3) is 0.280. The lowest BCUT2D eigenvalue weighted by Gasteiger charge is -2.16. The van der Waals surface area contributed by atoms with Gasteiger partial charge >= 0.3 is 0 Å². The highest BCUT2D eigenvalue weighted by atomic mass is 32.1. The number of hydrogen-bond donors (Lipinski definition) is 2. The van der Waals surface area contributed by atoms with Gasteiger partial charge in [-0.1, -0.05) is 35.9 Å². The molecule has 8 heteroatoms. The summed E-state index contributed by atoms with van der Waals surface area (Å²) in [6.07, 6.45) is 5.11. The maximum atomic E-state index is 12.6. The van der Waals surface area contributed by atoms with E-state index in [-0.39, 0.29) is 12.3 Å². The normalized spacial score (nSPS) is 13.0. The molecule has 0 saturated carbocycles. The molecule has 0 bridgehead atoms. The van der Waals surface area contributed by atoms with Crippen LogP contribution >= 0.6 is 23.6 Å². The third-order valence-corrected chi connectivity index (χ3v) is 7.06. The van der Waals surface area contributed by atoms with Gasteiger partial charge in [-0.25, -0.2) is 4.98 Å². The van der Waals surface area contributed by atoms with Crippen LogP contribution in [0.5, 0.6) is 0 Å². The molecule has 168 valence electrons. The molecule has 0 radical (unpaired) electrons. The summed E-state index contributed by atoms with van der Waals surface area (Å²) in [7, 11) is 0. The number of aryl methyl sites for hydroxylation is 3. The lowest BCUT2D eigenvalue weighted by Crippen LogP contribution is -2.15. The summed E-state index contributed by atoms with van der Waals surface area (Å²) in [4.78, 5) is 17.3. The van der Waals surface area contributed by atoms with E-state index in [0.717, 1.165) is 34.6 Å². The number of nitrogens with zero attached hydrogens (tertiary/aromatic N) is 3. The molecule has 2 heterocycles. The van der Waals surface area contributed by atoms with Crippen molar-refractivity contribution >= 4 is 34.6 Å². The molecule has 0 fully saturated rings. The summed E-state index contributed by atoms with van der Waals surface area (Å²) >= 11 is 6.84. The molecule has 1 aliphatic carbocycles. The lowest BCUT2D eigenvalue weighted by atomic mass is 9.90. The van der Waals surface area contributed by atoms with Crippen molar-refractivity contribution in [2.24, 2.45) is 0 Å². The Kier molecular flexibility index (Phi) is 6.20. The number of carbonyl (C=O) groups excluding carboxylic acids is 1. The minimum atomic E-state index is -0.0976. The molecule has 0 aliphatic heterocycles. The molecule has 5 rings (SSSR count). The first-order chi connectivity index (χ1) is 16.1. The Balaban J connectivity index is 1.25. The molecule has 2 aromatic heterocycles. The van der Waals surface area contributed by atoms with Crippen LogP contribution in [0.25, 0.3) is 22.6 Å². The van der Waals surface area contributed by atoms with Gasteiger partial charge in [0, 0.05) is 29.5 Å². The average Bonchev–Trinajstić information content (AvgIpc) is 3.44. The lowest BCUT2D eigenvalue weighted by molar-refractivity contribution is -0.116. The zero-order chi connectivity index (χ0) is 22.8. The fourth-order valence-corrected chi connectivity index (χ4v) is 5.24. The van der Waals surface area contributed by atoms with Crippen molar-refractivity contribution in [1.29, 1.82) is 0 Å². The van der Waals surface area contributed by atoms with Gasteiger partial charge in [-0.3, -0.25) is 14.5 Å². The summed E-state index contributed by atoms with van der Waals surface area (Å²) < 4.78 is 2.37. The van der Waals surface area contributed by atoms with Crippen molar-refractivity contribution in [2.75, 3.05) is 5.32 Å². The fourth-order valence-electron chi connectivity index (χ4n) is 4.28. The molecule has 0 spiro atoms. The number of aromatic nitrogens is 4. The van der Waals surface area contributed by atoms with Gasteiger partial charge in [-0.15, -0.1) is 11.3 Å². The van der Waals surface area contributed by atoms with Crippen LogP contribution < -0.4 is 5.32 Å². The second-order valence-electron chi connectivity index (χ2n) is 8.40. The predicted octanol–water partition coefficient (Wildman–Crippen LogP) is 5.95. The van der Waals surface area contributed by atoms with Crippen LogP contribution in [0.15, 0.2) is 47.8 Å². The first kappa shape index (κ1) is 21.7. The smallest absolute Gasteiger partial charge is 0.227 e. The number of rotatable bonds is 6. The quantitative estimate of drug-likeness (QED) is 0.338. The van der Waals surface area contributed by atoms with Gasteiger partial charge in [0.2, 0.25) is 5.91 Å². The summed E-state index contributed by atoms with van der Waals surface area (Å²) in [5, 5.41) is 12.8. The number of carbonyl (C=O) groups is 1. The van der Waals surface area contributed by atoms with Gasteiger partial charge in [0.1, 0.15) is 0 Å². The predicted molar refractivity (Wildman–Crippen MR) is 135 cm³/mol. The highest BCUT2D eigenvalue weighted by Crippen LogP contribution is 2.29. The molecular formula is C25H25N5OS2. The van der Waals surface area contributed by atoms with Crippen molar-refractivity contribution < 1.29 is 4.79 Å². The maximum absolute atomic E-state index is 12.6. The van der Waals surface area contributed by atoms with Crippen molar-refractivity contribution in [3.8, 4) is 22.6 Å². The summed E-state index contributed by atoms with van der Waals surface area (Å²) in [5.41, 5.74) is 7.01. The van der Waals surface area contributed by atoms with Gasteiger partial charge < -0.3 is 5.32 Å². The summed E-state index contributed by atoms with van der Waals surface area (Å²) in [6, 6.07) is 14.7. The Hall–Kier alpha value is -3.10. The first-order valence-electron chi connectivity index (χ1n) is 11.2. The number of anilines is 1. The van der Waals surface area contributed by atoms with E-state index in [4.69, 9.17) is 12.2 Å². The number of thiazole rings is 1. The number of hydrogen-bond acceptors (Lipinski definition) is 5. The Morgan fingerprint density at radius 1 is 1.15 bits per heavy atom. The molecular weight excluding hydrogens is 450 g/mol. The minimum Gasteiger partial charge on any atom is -0.302 e. The largest absolute Gasteiger partial charge is 0.302 e. The number of H-pyrrole nitrogens is 1. The molecule has 4 aromatic rings. The first-order valence-corrected chi connectivity index (χ1v) is 12.5. The van der Waals surface area contributed by atoms with Gasteiger partial charge in [-0.05, 0) is 68.1 Å².